The van der Waals surface area contributed by atoms with Gasteiger partial charge >= 0.3 is 5.97 Å². The van der Waals surface area contributed by atoms with Crippen molar-refractivity contribution >= 4 is 23.1 Å². The van der Waals surface area contributed by atoms with Crippen LogP contribution in [0.5, 0.6) is 0 Å². The van der Waals surface area contributed by atoms with E-state index in [1.807, 2.05) is 12.4 Å². The molecule has 5 rings (SSSR count). The van der Waals surface area contributed by atoms with Gasteiger partial charge in [-0.1, -0.05) is 0 Å². The smallest absolute Gasteiger partial charge is 0.337 e. The Hall–Kier alpha value is -1.81. The third-order valence-corrected chi connectivity index (χ3v) is 7.34. The number of hydrogen-bond donors (Lipinski definition) is 2. The second-order valence-corrected chi connectivity index (χ2v) is 8.38. The first-order chi connectivity index (χ1) is 13.2. The van der Waals surface area contributed by atoms with Crippen molar-refractivity contribution in [2.45, 2.75) is 24.5 Å². The predicted octanol–water partition coefficient (Wildman–Crippen LogP) is -0.0189. The maximum absolute atomic E-state index is 12.3. The van der Waals surface area contributed by atoms with Gasteiger partial charge in [-0.05, 0) is 13.5 Å². The van der Waals surface area contributed by atoms with Crippen molar-refractivity contribution in [3.63, 3.8) is 0 Å². The quantitative estimate of drug-likeness (QED) is 0.685. The second kappa shape index (κ2) is 6.37. The number of methoxy groups -OCH3 is 1. The predicted molar refractivity (Wildman–Crippen MR) is 101 cm³/mol. The van der Waals surface area contributed by atoms with Crippen LogP contribution in [0.4, 0.5) is 0 Å². The van der Waals surface area contributed by atoms with Crippen LogP contribution in [-0.4, -0.2) is 80.3 Å². The zero-order chi connectivity index (χ0) is 18.6. The number of ether oxygens (including phenoxy) is 2. The summed E-state index contributed by atoms with van der Waals surface area (Å²) in [6.07, 6.45) is 2.87. The number of rotatable bonds is 5. The molecule has 0 bridgehead atoms. The summed E-state index contributed by atoms with van der Waals surface area (Å²) in [5, 5.41) is 9.56. The fraction of sp³-hybridized carbons (Fsp3) is 0.611. The summed E-state index contributed by atoms with van der Waals surface area (Å²) in [5.74, 6) is 0.402. The molecule has 1 spiro atoms. The molecule has 2 saturated heterocycles. The Morgan fingerprint density at radius 3 is 3.19 bits per heavy atom. The SMILES string of the molecule is CNC1CC2N(CC3=C(C(=O)OC)CN=C(c4nccs4)N3)C3COCC132. The van der Waals surface area contributed by atoms with E-state index in [9.17, 15) is 4.79 Å². The number of esters is 1. The van der Waals surface area contributed by atoms with E-state index < -0.39 is 0 Å². The van der Waals surface area contributed by atoms with Crippen molar-refractivity contribution in [2.75, 3.05) is 40.5 Å². The van der Waals surface area contributed by atoms with Crippen LogP contribution >= 0.6 is 11.3 Å². The van der Waals surface area contributed by atoms with Gasteiger partial charge in [-0.25, -0.2) is 9.78 Å². The lowest BCUT2D eigenvalue weighted by atomic mass is 9.50. The number of nitrogens with one attached hydrogen (secondary N) is 2. The number of thiazole rings is 1. The van der Waals surface area contributed by atoms with Crippen molar-refractivity contribution in [3.05, 3.63) is 27.9 Å². The third kappa shape index (κ3) is 2.35. The van der Waals surface area contributed by atoms with E-state index in [-0.39, 0.29) is 11.4 Å². The largest absolute Gasteiger partial charge is 0.466 e. The van der Waals surface area contributed by atoms with Crippen LogP contribution in [0.3, 0.4) is 0 Å². The molecule has 4 heterocycles. The van der Waals surface area contributed by atoms with Crippen LogP contribution in [0, 0.1) is 5.41 Å². The summed E-state index contributed by atoms with van der Waals surface area (Å²) >= 11 is 1.53. The molecule has 9 heteroatoms. The molecule has 0 radical (unpaired) electrons. The van der Waals surface area contributed by atoms with Crippen LogP contribution in [-0.2, 0) is 14.3 Å². The molecule has 1 aromatic rings. The molecule has 3 fully saturated rings. The van der Waals surface area contributed by atoms with Gasteiger partial charge in [0.25, 0.3) is 0 Å². The minimum absolute atomic E-state index is 0.238. The number of hydrogen-bond acceptors (Lipinski definition) is 9. The minimum atomic E-state index is -0.324. The van der Waals surface area contributed by atoms with Crippen molar-refractivity contribution in [3.8, 4) is 0 Å². The van der Waals surface area contributed by atoms with E-state index in [1.165, 1.54) is 18.4 Å². The number of aromatic nitrogens is 1. The average Bonchev–Trinajstić information content (AvgIpc) is 3.36. The molecule has 2 N–H and O–H groups in total. The zero-order valence-corrected chi connectivity index (χ0v) is 16.2. The van der Waals surface area contributed by atoms with Crippen LogP contribution in [0.1, 0.15) is 11.4 Å². The molecule has 4 aliphatic rings. The summed E-state index contributed by atoms with van der Waals surface area (Å²) in [5.41, 5.74) is 1.70. The zero-order valence-electron chi connectivity index (χ0n) is 15.4. The topological polar surface area (TPSA) is 88.1 Å². The summed E-state index contributed by atoms with van der Waals surface area (Å²) in [6, 6.07) is 1.41. The fourth-order valence-corrected chi connectivity index (χ4v) is 5.78. The van der Waals surface area contributed by atoms with Gasteiger partial charge in [0.05, 0.1) is 32.4 Å². The van der Waals surface area contributed by atoms with Crippen molar-refractivity contribution in [1.82, 2.24) is 20.5 Å². The second-order valence-electron chi connectivity index (χ2n) is 7.48. The van der Waals surface area contributed by atoms with Crippen LogP contribution in [0.25, 0.3) is 0 Å². The lowest BCUT2D eigenvalue weighted by Gasteiger charge is -2.71. The molecule has 4 unspecified atom stereocenters. The highest BCUT2D eigenvalue weighted by atomic mass is 32.1. The van der Waals surface area contributed by atoms with E-state index >= 15 is 0 Å². The van der Waals surface area contributed by atoms with Crippen LogP contribution < -0.4 is 10.6 Å². The summed E-state index contributed by atoms with van der Waals surface area (Å²) in [6.45, 7) is 2.56. The van der Waals surface area contributed by atoms with Gasteiger partial charge in [-0.15, -0.1) is 11.3 Å². The van der Waals surface area contributed by atoms with E-state index in [0.29, 0.717) is 36.8 Å². The van der Waals surface area contributed by atoms with E-state index in [2.05, 4.69) is 25.5 Å². The number of carbonyl (C=O) groups excluding carboxylic acids is 1. The number of carbonyl (C=O) groups is 1. The van der Waals surface area contributed by atoms with Gasteiger partial charge in [-0.3, -0.25) is 9.89 Å². The summed E-state index contributed by atoms with van der Waals surface area (Å²) in [4.78, 5) is 23.6. The molecule has 1 saturated carbocycles. The normalized spacial score (nSPS) is 34.7. The molecule has 8 nitrogen and oxygen atoms in total. The van der Waals surface area contributed by atoms with Gasteiger partial charge in [0.2, 0.25) is 0 Å². The van der Waals surface area contributed by atoms with E-state index in [1.54, 1.807) is 6.20 Å². The molecule has 1 aliphatic carbocycles. The highest BCUT2D eigenvalue weighted by Gasteiger charge is 2.73. The minimum Gasteiger partial charge on any atom is -0.466 e. The average molecular weight is 389 g/mol. The number of amidine groups is 1. The molecule has 4 atom stereocenters. The number of nitrogens with zero attached hydrogens (tertiary/aromatic N) is 3. The van der Waals surface area contributed by atoms with Gasteiger partial charge in [0.15, 0.2) is 10.8 Å². The Morgan fingerprint density at radius 2 is 2.44 bits per heavy atom. The van der Waals surface area contributed by atoms with Crippen molar-refractivity contribution < 1.29 is 14.3 Å². The molecule has 144 valence electrons. The molecule has 1 aromatic heterocycles. The lowest BCUT2D eigenvalue weighted by Crippen LogP contribution is -2.84. The molecule has 0 aromatic carbocycles. The Labute approximate surface area is 161 Å². The first-order valence-electron chi connectivity index (χ1n) is 9.21. The Bertz CT molecular complexity index is 823. The molecular formula is C18H23N5O3S. The maximum atomic E-state index is 12.3. The van der Waals surface area contributed by atoms with E-state index in [0.717, 1.165) is 36.2 Å². The number of likely N-dealkylation sites (tertiary alicyclic amines) is 1. The summed E-state index contributed by atoms with van der Waals surface area (Å²) in [7, 11) is 3.45. The van der Waals surface area contributed by atoms with Gasteiger partial charge in [0, 0.05) is 47.4 Å². The van der Waals surface area contributed by atoms with Crippen molar-refractivity contribution in [2.24, 2.45) is 10.4 Å². The summed E-state index contributed by atoms with van der Waals surface area (Å²) < 4.78 is 10.8. The highest BCUT2D eigenvalue weighted by molar-refractivity contribution is 7.11. The molecule has 27 heavy (non-hydrogen) atoms. The van der Waals surface area contributed by atoms with Crippen LogP contribution in [0.2, 0.25) is 0 Å². The van der Waals surface area contributed by atoms with E-state index in [4.69, 9.17) is 9.47 Å². The van der Waals surface area contributed by atoms with Gasteiger partial charge < -0.3 is 20.1 Å². The van der Waals surface area contributed by atoms with Crippen LogP contribution in [0.15, 0.2) is 27.8 Å². The Morgan fingerprint density at radius 1 is 1.56 bits per heavy atom. The van der Waals surface area contributed by atoms with Gasteiger partial charge in [-0.2, -0.15) is 0 Å². The third-order valence-electron chi connectivity index (χ3n) is 6.56. The Kier molecular flexibility index (Phi) is 4.08. The molecule has 0 amide bonds. The Balaban J connectivity index is 1.39. The highest BCUT2D eigenvalue weighted by Crippen LogP contribution is 2.60. The number of aliphatic imine (C=N–C) groups is 1. The van der Waals surface area contributed by atoms with Gasteiger partial charge in [0.1, 0.15) is 0 Å². The molecular weight excluding hydrogens is 366 g/mol. The first kappa shape index (κ1) is 17.3. The monoisotopic (exact) mass is 389 g/mol. The molecule has 3 aliphatic heterocycles. The van der Waals surface area contributed by atoms with Crippen molar-refractivity contribution in [1.29, 1.82) is 0 Å². The number of piperidine rings is 1. The fourth-order valence-electron chi connectivity index (χ4n) is 5.18. The standard InChI is InChI=1S/C18H23N5O3S/c1-19-12-5-13-18(12)9-26-8-14(18)23(13)7-11-10(17(24)25-2)6-21-15(22-11)16-20-3-4-27-16/h3-4,12-14,19H,5-9H2,1-2H3,(H,21,22). The maximum Gasteiger partial charge on any atom is 0.337 e. The lowest BCUT2D eigenvalue weighted by molar-refractivity contribution is -0.196. The first-order valence-corrected chi connectivity index (χ1v) is 10.1.